The molecule has 1 N–H and O–H groups in total. The molecule has 0 aliphatic heterocycles. The van der Waals surface area contributed by atoms with Gasteiger partial charge in [0.15, 0.2) is 0 Å². The van der Waals surface area contributed by atoms with Crippen molar-refractivity contribution in [3.8, 4) is 0 Å². The molecule has 0 radical (unpaired) electrons. The third-order valence-electron chi connectivity index (χ3n) is 2.79. The first-order valence-corrected chi connectivity index (χ1v) is 7.50. The standard InChI is InChI=1S/C14H16N2O2S/c1-11(2)12-3-5-14(6-4-12)19(17,18)16-13-7-9-15-10-8-13/h3-11H,1-2H3,(H,15,16). The van der Waals surface area contributed by atoms with Crippen LogP contribution in [0.2, 0.25) is 0 Å². The molecule has 2 aromatic rings. The minimum atomic E-state index is -3.53. The lowest BCUT2D eigenvalue weighted by atomic mass is 10.0. The van der Waals surface area contributed by atoms with Gasteiger partial charge in [-0.2, -0.15) is 0 Å². The van der Waals surface area contributed by atoms with Crippen molar-refractivity contribution in [2.75, 3.05) is 4.72 Å². The number of anilines is 1. The average Bonchev–Trinajstić information content (AvgIpc) is 2.39. The van der Waals surface area contributed by atoms with Crippen LogP contribution in [0.4, 0.5) is 5.69 Å². The molecule has 1 aromatic heterocycles. The van der Waals surface area contributed by atoms with Gasteiger partial charge in [0.05, 0.1) is 10.6 Å². The second-order valence-electron chi connectivity index (χ2n) is 4.57. The van der Waals surface area contributed by atoms with Gasteiger partial charge in [-0.15, -0.1) is 0 Å². The van der Waals surface area contributed by atoms with Crippen LogP contribution in [0.3, 0.4) is 0 Å². The molecule has 0 amide bonds. The highest BCUT2D eigenvalue weighted by molar-refractivity contribution is 7.92. The highest BCUT2D eigenvalue weighted by atomic mass is 32.2. The number of hydrogen-bond acceptors (Lipinski definition) is 3. The van der Waals surface area contributed by atoms with E-state index in [-0.39, 0.29) is 4.90 Å². The van der Waals surface area contributed by atoms with Crippen LogP contribution in [0.1, 0.15) is 25.3 Å². The Labute approximate surface area is 113 Å². The zero-order valence-electron chi connectivity index (χ0n) is 10.9. The lowest BCUT2D eigenvalue weighted by Gasteiger charge is -2.09. The smallest absolute Gasteiger partial charge is 0.261 e. The van der Waals surface area contributed by atoms with Gasteiger partial charge in [-0.3, -0.25) is 9.71 Å². The summed E-state index contributed by atoms with van der Waals surface area (Å²) in [6.07, 6.45) is 3.08. The van der Waals surface area contributed by atoms with Gasteiger partial charge >= 0.3 is 0 Å². The molecule has 0 bridgehead atoms. The van der Waals surface area contributed by atoms with E-state index in [4.69, 9.17) is 0 Å². The normalized spacial score (nSPS) is 11.5. The lowest BCUT2D eigenvalue weighted by Crippen LogP contribution is -2.12. The fourth-order valence-electron chi connectivity index (χ4n) is 1.67. The fraction of sp³-hybridized carbons (Fsp3) is 0.214. The molecule has 100 valence electrons. The van der Waals surface area contributed by atoms with Crippen molar-refractivity contribution in [2.45, 2.75) is 24.7 Å². The zero-order chi connectivity index (χ0) is 13.9. The third-order valence-corrected chi connectivity index (χ3v) is 4.19. The number of sulfonamides is 1. The second kappa shape index (κ2) is 5.40. The number of pyridine rings is 1. The average molecular weight is 276 g/mol. The van der Waals surface area contributed by atoms with Crippen LogP contribution in [0.25, 0.3) is 0 Å². The summed E-state index contributed by atoms with van der Waals surface area (Å²) >= 11 is 0. The number of aromatic nitrogens is 1. The molecule has 0 fully saturated rings. The van der Waals surface area contributed by atoms with E-state index in [9.17, 15) is 8.42 Å². The van der Waals surface area contributed by atoms with E-state index in [1.165, 1.54) is 0 Å². The zero-order valence-corrected chi connectivity index (χ0v) is 11.7. The van der Waals surface area contributed by atoms with Crippen molar-refractivity contribution in [3.05, 3.63) is 54.4 Å². The molecule has 1 aromatic carbocycles. The van der Waals surface area contributed by atoms with Gasteiger partial charge in [0, 0.05) is 12.4 Å². The van der Waals surface area contributed by atoms with E-state index in [1.807, 2.05) is 12.1 Å². The highest BCUT2D eigenvalue weighted by Gasteiger charge is 2.14. The molecule has 0 saturated heterocycles. The maximum absolute atomic E-state index is 12.2. The van der Waals surface area contributed by atoms with Gasteiger partial charge in [-0.1, -0.05) is 26.0 Å². The van der Waals surface area contributed by atoms with Gasteiger partial charge in [0.25, 0.3) is 10.0 Å². The Morgan fingerprint density at radius 1 is 1.00 bits per heavy atom. The van der Waals surface area contributed by atoms with Crippen LogP contribution in [0, 0.1) is 0 Å². The predicted molar refractivity (Wildman–Crippen MR) is 75.6 cm³/mol. The van der Waals surface area contributed by atoms with E-state index in [1.54, 1.807) is 36.7 Å². The Morgan fingerprint density at radius 2 is 1.58 bits per heavy atom. The van der Waals surface area contributed by atoms with Crippen molar-refractivity contribution in [1.82, 2.24) is 4.98 Å². The van der Waals surface area contributed by atoms with Crippen molar-refractivity contribution in [3.63, 3.8) is 0 Å². The Morgan fingerprint density at radius 3 is 2.11 bits per heavy atom. The Bertz CT molecular complexity index is 635. The van der Waals surface area contributed by atoms with Crippen LogP contribution < -0.4 is 4.72 Å². The van der Waals surface area contributed by atoms with E-state index in [0.717, 1.165) is 5.56 Å². The Hall–Kier alpha value is -1.88. The van der Waals surface area contributed by atoms with Crippen LogP contribution in [0.15, 0.2) is 53.7 Å². The van der Waals surface area contributed by atoms with Crippen molar-refractivity contribution >= 4 is 15.7 Å². The SMILES string of the molecule is CC(C)c1ccc(S(=O)(=O)Nc2ccncc2)cc1. The summed E-state index contributed by atoms with van der Waals surface area (Å²) in [6.45, 7) is 4.14. The van der Waals surface area contributed by atoms with E-state index >= 15 is 0 Å². The summed E-state index contributed by atoms with van der Waals surface area (Å²) in [5, 5.41) is 0. The number of benzene rings is 1. The van der Waals surface area contributed by atoms with Crippen LogP contribution in [0.5, 0.6) is 0 Å². The Balaban J connectivity index is 2.25. The van der Waals surface area contributed by atoms with E-state index < -0.39 is 10.0 Å². The van der Waals surface area contributed by atoms with Crippen LogP contribution in [-0.2, 0) is 10.0 Å². The first-order valence-electron chi connectivity index (χ1n) is 6.02. The number of hydrogen-bond donors (Lipinski definition) is 1. The molecule has 5 heteroatoms. The first kappa shape index (κ1) is 13.5. The van der Waals surface area contributed by atoms with Crippen molar-refractivity contribution in [2.24, 2.45) is 0 Å². The molecular formula is C14H16N2O2S. The molecule has 19 heavy (non-hydrogen) atoms. The molecule has 4 nitrogen and oxygen atoms in total. The summed E-state index contributed by atoms with van der Waals surface area (Å²) in [7, 11) is -3.53. The lowest BCUT2D eigenvalue weighted by molar-refractivity contribution is 0.601. The third kappa shape index (κ3) is 3.32. The van der Waals surface area contributed by atoms with Crippen molar-refractivity contribution in [1.29, 1.82) is 0 Å². The highest BCUT2D eigenvalue weighted by Crippen LogP contribution is 2.19. The maximum Gasteiger partial charge on any atom is 0.261 e. The summed E-state index contributed by atoms with van der Waals surface area (Å²) in [5.74, 6) is 0.380. The molecular weight excluding hydrogens is 260 g/mol. The molecule has 0 saturated carbocycles. The topological polar surface area (TPSA) is 59.1 Å². The quantitative estimate of drug-likeness (QED) is 0.933. The van der Waals surface area contributed by atoms with Gasteiger partial charge in [-0.25, -0.2) is 8.42 Å². The summed E-state index contributed by atoms with van der Waals surface area (Å²) in [6, 6.07) is 10.1. The van der Waals surface area contributed by atoms with E-state index in [2.05, 4.69) is 23.6 Å². The largest absolute Gasteiger partial charge is 0.280 e. The monoisotopic (exact) mass is 276 g/mol. The Kier molecular flexibility index (Phi) is 3.85. The number of rotatable bonds is 4. The fourth-order valence-corrected chi connectivity index (χ4v) is 2.72. The molecule has 2 rings (SSSR count). The van der Waals surface area contributed by atoms with Crippen molar-refractivity contribution < 1.29 is 8.42 Å². The van der Waals surface area contributed by atoms with Crippen LogP contribution >= 0.6 is 0 Å². The van der Waals surface area contributed by atoms with E-state index in [0.29, 0.717) is 11.6 Å². The van der Waals surface area contributed by atoms with Gasteiger partial charge in [-0.05, 0) is 35.7 Å². The number of nitrogens with zero attached hydrogens (tertiary/aromatic N) is 1. The molecule has 1 heterocycles. The molecule has 0 aliphatic rings. The van der Waals surface area contributed by atoms with Gasteiger partial charge < -0.3 is 0 Å². The minimum absolute atomic E-state index is 0.258. The first-order chi connectivity index (χ1) is 8.99. The molecule has 0 spiro atoms. The second-order valence-corrected chi connectivity index (χ2v) is 6.25. The summed E-state index contributed by atoms with van der Waals surface area (Å²) < 4.78 is 26.8. The minimum Gasteiger partial charge on any atom is -0.280 e. The van der Waals surface area contributed by atoms with Crippen LogP contribution in [-0.4, -0.2) is 13.4 Å². The molecule has 0 unspecified atom stereocenters. The number of nitrogens with one attached hydrogen (secondary N) is 1. The predicted octanol–water partition coefficient (Wildman–Crippen LogP) is 3.01. The summed E-state index contributed by atoms with van der Waals surface area (Å²) in [4.78, 5) is 4.10. The maximum atomic E-state index is 12.2. The van der Waals surface area contributed by atoms with Gasteiger partial charge in [0.2, 0.25) is 0 Å². The summed E-state index contributed by atoms with van der Waals surface area (Å²) in [5.41, 5.74) is 1.62. The van der Waals surface area contributed by atoms with Gasteiger partial charge in [0.1, 0.15) is 0 Å². The molecule has 0 atom stereocenters. The molecule has 0 aliphatic carbocycles.